The largest absolute Gasteiger partial charge is 0.492 e. The van der Waals surface area contributed by atoms with Crippen molar-refractivity contribution in [2.45, 2.75) is 13.8 Å². The van der Waals surface area contributed by atoms with Gasteiger partial charge in [0.1, 0.15) is 11.6 Å². The van der Waals surface area contributed by atoms with Crippen LogP contribution in [0.25, 0.3) is 0 Å². The first-order chi connectivity index (χ1) is 9.13. The van der Waals surface area contributed by atoms with Gasteiger partial charge in [-0.1, -0.05) is 18.2 Å². The lowest BCUT2D eigenvalue weighted by molar-refractivity contribution is 0.342. The van der Waals surface area contributed by atoms with Crippen LogP contribution in [-0.4, -0.2) is 6.61 Å². The van der Waals surface area contributed by atoms with E-state index in [2.05, 4.69) is 5.32 Å². The summed E-state index contributed by atoms with van der Waals surface area (Å²) in [5.41, 5.74) is 8.38. The molecule has 0 heterocycles. The molecule has 3 nitrogen and oxygen atoms in total. The fourth-order valence-electron chi connectivity index (χ4n) is 1.86. The number of para-hydroxylation sites is 2. The molecule has 0 fully saturated rings. The molecule has 19 heavy (non-hydrogen) atoms. The highest BCUT2D eigenvalue weighted by molar-refractivity contribution is 5.78. The van der Waals surface area contributed by atoms with Crippen molar-refractivity contribution in [2.75, 3.05) is 17.7 Å². The predicted molar refractivity (Wildman–Crippen MR) is 76.4 cm³/mol. The van der Waals surface area contributed by atoms with E-state index in [-0.39, 0.29) is 5.82 Å². The summed E-state index contributed by atoms with van der Waals surface area (Å²) in [5, 5.41) is 3.03. The molecule has 0 amide bonds. The molecule has 0 unspecified atom stereocenters. The fourth-order valence-corrected chi connectivity index (χ4v) is 1.86. The van der Waals surface area contributed by atoms with Gasteiger partial charge in [-0.05, 0) is 37.6 Å². The second kappa shape index (κ2) is 5.61. The van der Waals surface area contributed by atoms with Gasteiger partial charge >= 0.3 is 0 Å². The van der Waals surface area contributed by atoms with Crippen LogP contribution in [0, 0.1) is 12.7 Å². The molecule has 0 bridgehead atoms. The molecule has 0 atom stereocenters. The third kappa shape index (κ3) is 2.78. The molecule has 0 aliphatic carbocycles. The Kier molecular flexibility index (Phi) is 3.90. The summed E-state index contributed by atoms with van der Waals surface area (Å²) in [4.78, 5) is 0. The highest BCUT2D eigenvalue weighted by Gasteiger charge is 2.10. The number of ether oxygens (including phenoxy) is 1. The zero-order valence-electron chi connectivity index (χ0n) is 11.0. The van der Waals surface area contributed by atoms with Gasteiger partial charge < -0.3 is 15.8 Å². The normalized spacial score (nSPS) is 10.3. The second-order valence-corrected chi connectivity index (χ2v) is 4.21. The first-order valence-corrected chi connectivity index (χ1v) is 6.17. The number of anilines is 3. The molecule has 0 saturated heterocycles. The van der Waals surface area contributed by atoms with Crippen LogP contribution in [0.1, 0.15) is 12.5 Å². The Morgan fingerprint density at radius 1 is 1.21 bits per heavy atom. The van der Waals surface area contributed by atoms with E-state index in [1.165, 1.54) is 6.07 Å². The maximum atomic E-state index is 13.8. The molecule has 0 aliphatic rings. The quantitative estimate of drug-likeness (QED) is 0.821. The molecule has 0 spiro atoms. The van der Waals surface area contributed by atoms with Crippen LogP contribution in [0.3, 0.4) is 0 Å². The number of nitrogen functional groups attached to an aromatic ring is 1. The molecule has 0 saturated carbocycles. The number of hydrogen-bond acceptors (Lipinski definition) is 3. The highest BCUT2D eigenvalue weighted by Crippen LogP contribution is 2.33. The van der Waals surface area contributed by atoms with E-state index in [1.807, 2.05) is 26.0 Å². The number of nitrogens with two attached hydrogens (primary N) is 1. The molecule has 4 heteroatoms. The van der Waals surface area contributed by atoms with E-state index in [0.717, 1.165) is 5.56 Å². The minimum absolute atomic E-state index is 0.304. The van der Waals surface area contributed by atoms with E-state index in [9.17, 15) is 4.39 Å². The van der Waals surface area contributed by atoms with Gasteiger partial charge in [0.15, 0.2) is 0 Å². The molecule has 2 rings (SSSR count). The van der Waals surface area contributed by atoms with Crippen molar-refractivity contribution < 1.29 is 9.13 Å². The van der Waals surface area contributed by atoms with Crippen molar-refractivity contribution in [1.82, 2.24) is 0 Å². The van der Waals surface area contributed by atoms with Gasteiger partial charge in [-0.2, -0.15) is 0 Å². The zero-order valence-corrected chi connectivity index (χ0v) is 11.0. The second-order valence-electron chi connectivity index (χ2n) is 4.21. The van der Waals surface area contributed by atoms with Gasteiger partial charge in [-0.15, -0.1) is 0 Å². The first kappa shape index (κ1) is 13.2. The Morgan fingerprint density at radius 3 is 2.63 bits per heavy atom. The average molecular weight is 260 g/mol. The molecule has 0 aromatic heterocycles. The number of halogens is 1. The fraction of sp³-hybridized carbons (Fsp3) is 0.200. The highest BCUT2D eigenvalue weighted by atomic mass is 19.1. The Balaban J connectivity index is 2.36. The van der Waals surface area contributed by atoms with Crippen LogP contribution in [-0.2, 0) is 0 Å². The van der Waals surface area contributed by atoms with Gasteiger partial charge in [-0.25, -0.2) is 4.39 Å². The summed E-state index contributed by atoms with van der Waals surface area (Å²) >= 11 is 0. The lowest BCUT2D eigenvalue weighted by Gasteiger charge is -2.15. The standard InChI is InChI=1S/C15H17FN2O/c1-3-19-13-9-5-8-12(14(13)17)18-15-10(2)6-4-7-11(15)16/h4-9,18H,3,17H2,1-2H3. The molecule has 2 aromatic rings. The summed E-state index contributed by atoms with van der Waals surface area (Å²) in [7, 11) is 0. The van der Waals surface area contributed by atoms with E-state index in [4.69, 9.17) is 10.5 Å². The minimum atomic E-state index is -0.304. The molecular weight excluding hydrogens is 243 g/mol. The maximum absolute atomic E-state index is 13.8. The zero-order chi connectivity index (χ0) is 13.8. The molecule has 0 aliphatic heterocycles. The summed E-state index contributed by atoms with van der Waals surface area (Å²) in [6.45, 7) is 4.26. The number of rotatable bonds is 4. The topological polar surface area (TPSA) is 47.3 Å². The summed E-state index contributed by atoms with van der Waals surface area (Å²) in [5.74, 6) is 0.294. The number of hydrogen-bond donors (Lipinski definition) is 2. The third-order valence-electron chi connectivity index (χ3n) is 2.85. The van der Waals surface area contributed by atoms with Gasteiger partial charge in [0.05, 0.1) is 23.7 Å². The minimum Gasteiger partial charge on any atom is -0.492 e. The molecule has 2 aromatic carbocycles. The van der Waals surface area contributed by atoms with Crippen LogP contribution in [0.5, 0.6) is 5.75 Å². The van der Waals surface area contributed by atoms with Crippen molar-refractivity contribution in [2.24, 2.45) is 0 Å². The van der Waals surface area contributed by atoms with Crippen molar-refractivity contribution >= 4 is 17.1 Å². The van der Waals surface area contributed by atoms with E-state index in [0.29, 0.717) is 29.4 Å². The van der Waals surface area contributed by atoms with Crippen LogP contribution in [0.15, 0.2) is 36.4 Å². The van der Waals surface area contributed by atoms with Crippen molar-refractivity contribution in [3.63, 3.8) is 0 Å². The van der Waals surface area contributed by atoms with E-state index < -0.39 is 0 Å². The Bertz CT molecular complexity index is 564. The Hall–Kier alpha value is -2.23. The third-order valence-corrected chi connectivity index (χ3v) is 2.85. The molecule has 100 valence electrons. The Morgan fingerprint density at radius 2 is 1.95 bits per heavy atom. The monoisotopic (exact) mass is 260 g/mol. The first-order valence-electron chi connectivity index (χ1n) is 6.17. The number of nitrogens with one attached hydrogen (secondary N) is 1. The summed E-state index contributed by atoms with van der Waals surface area (Å²) < 4.78 is 19.2. The molecular formula is C15H17FN2O. The van der Waals surface area contributed by atoms with Crippen LogP contribution < -0.4 is 15.8 Å². The van der Waals surface area contributed by atoms with Gasteiger partial charge in [0.2, 0.25) is 0 Å². The Labute approximate surface area is 112 Å². The van der Waals surface area contributed by atoms with Crippen molar-refractivity contribution in [1.29, 1.82) is 0 Å². The molecule has 3 N–H and O–H groups in total. The maximum Gasteiger partial charge on any atom is 0.146 e. The summed E-state index contributed by atoms with van der Waals surface area (Å²) in [6, 6.07) is 10.3. The van der Waals surface area contributed by atoms with Crippen LogP contribution in [0.2, 0.25) is 0 Å². The van der Waals surface area contributed by atoms with Crippen molar-refractivity contribution in [3.05, 3.63) is 47.8 Å². The van der Waals surface area contributed by atoms with Gasteiger partial charge in [0, 0.05) is 0 Å². The van der Waals surface area contributed by atoms with Gasteiger partial charge in [0.25, 0.3) is 0 Å². The number of benzene rings is 2. The van der Waals surface area contributed by atoms with Crippen LogP contribution >= 0.6 is 0 Å². The van der Waals surface area contributed by atoms with Gasteiger partial charge in [-0.3, -0.25) is 0 Å². The predicted octanol–water partition coefficient (Wildman–Crippen LogP) is 3.86. The lowest BCUT2D eigenvalue weighted by Crippen LogP contribution is -2.03. The van der Waals surface area contributed by atoms with E-state index in [1.54, 1.807) is 18.2 Å². The SMILES string of the molecule is CCOc1cccc(Nc2c(C)cccc2F)c1N. The smallest absolute Gasteiger partial charge is 0.146 e. The van der Waals surface area contributed by atoms with Crippen LogP contribution in [0.4, 0.5) is 21.5 Å². The average Bonchev–Trinajstić information content (AvgIpc) is 2.38. The summed E-state index contributed by atoms with van der Waals surface area (Å²) in [6.07, 6.45) is 0. The molecule has 0 radical (unpaired) electrons. The van der Waals surface area contributed by atoms with Crippen molar-refractivity contribution in [3.8, 4) is 5.75 Å². The lowest BCUT2D eigenvalue weighted by atomic mass is 10.1. The number of aryl methyl sites for hydroxylation is 1. The van der Waals surface area contributed by atoms with E-state index >= 15 is 0 Å².